The van der Waals surface area contributed by atoms with Gasteiger partial charge in [0.2, 0.25) is 0 Å². The highest BCUT2D eigenvalue weighted by Crippen LogP contribution is 2.40. The van der Waals surface area contributed by atoms with Gasteiger partial charge in [0.1, 0.15) is 11.6 Å². The van der Waals surface area contributed by atoms with Crippen LogP contribution in [0.1, 0.15) is 37.3 Å². The van der Waals surface area contributed by atoms with Gasteiger partial charge in [-0.05, 0) is 65.9 Å². The van der Waals surface area contributed by atoms with Crippen LogP contribution in [0.5, 0.6) is 0 Å². The summed E-state index contributed by atoms with van der Waals surface area (Å²) in [5.41, 5.74) is 9.98. The number of carboxylic acid groups (broad SMARTS) is 1. The average Bonchev–Trinajstić information content (AvgIpc) is 3.20. The Labute approximate surface area is 185 Å². The van der Waals surface area contributed by atoms with Crippen molar-refractivity contribution in [2.45, 2.75) is 31.6 Å². The zero-order chi connectivity index (χ0) is 21.7. The maximum atomic E-state index is 13.7. The first-order valence-corrected chi connectivity index (χ1v) is 10.8. The number of hydrogen-bond donors (Lipinski definition) is 2. The Hall–Kier alpha value is -3.07. The van der Waals surface area contributed by atoms with E-state index in [2.05, 4.69) is 26.0 Å². The summed E-state index contributed by atoms with van der Waals surface area (Å²) in [7, 11) is 0. The Balaban J connectivity index is 1.59. The third-order valence-corrected chi connectivity index (χ3v) is 6.88. The smallest absolute Gasteiger partial charge is 0.306 e. The molecule has 1 aliphatic carbocycles. The second-order valence-electron chi connectivity index (χ2n) is 7.94. The number of anilines is 1. The molecule has 0 unspecified atom stereocenters. The van der Waals surface area contributed by atoms with E-state index in [0.29, 0.717) is 39.7 Å². The number of nitrogens with two attached hydrogens (primary N) is 1. The van der Waals surface area contributed by atoms with Gasteiger partial charge in [-0.1, -0.05) is 0 Å². The minimum atomic E-state index is -0.737. The Morgan fingerprint density at radius 1 is 1.19 bits per heavy atom. The molecule has 158 valence electrons. The number of carboxylic acids is 1. The Morgan fingerprint density at radius 2 is 1.97 bits per heavy atom. The van der Waals surface area contributed by atoms with Crippen LogP contribution < -0.4 is 5.73 Å². The van der Waals surface area contributed by atoms with E-state index in [-0.39, 0.29) is 17.7 Å². The third kappa shape index (κ3) is 3.42. The van der Waals surface area contributed by atoms with Crippen LogP contribution in [0.3, 0.4) is 0 Å². The quantitative estimate of drug-likeness (QED) is 0.433. The minimum Gasteiger partial charge on any atom is -0.481 e. The maximum Gasteiger partial charge on any atom is 0.306 e. The average molecular weight is 484 g/mol. The molecule has 5 rings (SSSR count). The number of pyridine rings is 1. The van der Waals surface area contributed by atoms with Crippen molar-refractivity contribution in [3.05, 3.63) is 52.6 Å². The summed E-state index contributed by atoms with van der Waals surface area (Å²) in [4.78, 5) is 20.6. The van der Waals surface area contributed by atoms with Gasteiger partial charge in [-0.3, -0.25) is 9.78 Å². The number of nitrogen functional groups attached to an aromatic ring is 1. The molecule has 3 heterocycles. The molecule has 1 fully saturated rings. The second-order valence-corrected chi connectivity index (χ2v) is 8.73. The normalized spacial score (nSPS) is 19.2. The number of halogens is 2. The molecule has 4 aromatic rings. The van der Waals surface area contributed by atoms with Crippen molar-refractivity contribution in [3.8, 4) is 11.1 Å². The van der Waals surface area contributed by atoms with E-state index in [9.17, 15) is 14.3 Å². The highest BCUT2D eigenvalue weighted by Gasteiger charge is 2.30. The van der Waals surface area contributed by atoms with Crippen molar-refractivity contribution >= 4 is 44.3 Å². The van der Waals surface area contributed by atoms with Gasteiger partial charge in [0.25, 0.3) is 0 Å². The molecule has 1 saturated carbocycles. The van der Waals surface area contributed by atoms with E-state index in [0.717, 1.165) is 29.7 Å². The predicted molar refractivity (Wildman–Crippen MR) is 118 cm³/mol. The monoisotopic (exact) mass is 483 g/mol. The van der Waals surface area contributed by atoms with Gasteiger partial charge in [-0.15, -0.1) is 0 Å². The molecule has 1 aliphatic rings. The summed E-state index contributed by atoms with van der Waals surface area (Å²) in [5, 5.41) is 14.4. The first-order valence-electron chi connectivity index (χ1n) is 10.0. The van der Waals surface area contributed by atoms with E-state index in [4.69, 9.17) is 10.7 Å². The van der Waals surface area contributed by atoms with E-state index in [1.165, 1.54) is 12.1 Å². The molecule has 0 saturated heterocycles. The lowest BCUT2D eigenvalue weighted by Crippen LogP contribution is -2.21. The molecular formula is C22H19BrFN5O2. The first kappa shape index (κ1) is 19.9. The highest BCUT2D eigenvalue weighted by atomic mass is 79.9. The number of aliphatic carboxylic acids is 1. The molecule has 0 spiro atoms. The van der Waals surface area contributed by atoms with E-state index >= 15 is 0 Å². The maximum absolute atomic E-state index is 13.7. The fourth-order valence-corrected chi connectivity index (χ4v) is 4.93. The molecule has 0 amide bonds. The zero-order valence-corrected chi connectivity index (χ0v) is 18.0. The minimum absolute atomic E-state index is 0.115. The van der Waals surface area contributed by atoms with Crippen LogP contribution >= 0.6 is 15.9 Å². The molecule has 3 N–H and O–H groups in total. The lowest BCUT2D eigenvalue weighted by molar-refractivity contribution is -0.142. The third-order valence-electron chi connectivity index (χ3n) is 6.07. The van der Waals surface area contributed by atoms with Gasteiger partial charge in [0, 0.05) is 28.6 Å². The van der Waals surface area contributed by atoms with Gasteiger partial charge in [-0.2, -0.15) is 9.61 Å². The molecule has 9 heteroatoms. The SMILES string of the molecule is Nc1c(Br)c(C2CCC(C(=O)O)CC2)nc2c(-c3cnc4ccc(F)cc4c3)cnn12. The van der Waals surface area contributed by atoms with Crippen LogP contribution in [0.2, 0.25) is 0 Å². The molecular weight excluding hydrogens is 465 g/mol. The number of fused-ring (bicyclic) bond motifs is 2. The number of rotatable bonds is 3. The summed E-state index contributed by atoms with van der Waals surface area (Å²) in [5.74, 6) is -0.809. The van der Waals surface area contributed by atoms with Crippen LogP contribution in [-0.2, 0) is 4.79 Å². The van der Waals surface area contributed by atoms with Gasteiger partial charge < -0.3 is 10.8 Å². The summed E-state index contributed by atoms with van der Waals surface area (Å²) < 4.78 is 15.9. The number of benzene rings is 1. The Bertz CT molecular complexity index is 1330. The van der Waals surface area contributed by atoms with Crippen molar-refractivity contribution < 1.29 is 14.3 Å². The van der Waals surface area contributed by atoms with Gasteiger partial charge in [0.05, 0.1) is 27.8 Å². The van der Waals surface area contributed by atoms with E-state index < -0.39 is 5.97 Å². The molecule has 0 atom stereocenters. The van der Waals surface area contributed by atoms with Crippen molar-refractivity contribution in [2.75, 3.05) is 5.73 Å². The van der Waals surface area contributed by atoms with Crippen LogP contribution in [0.15, 0.2) is 41.1 Å². The predicted octanol–water partition coefficient (Wildman–Crippen LogP) is 4.79. The molecule has 0 aliphatic heterocycles. The van der Waals surface area contributed by atoms with Crippen molar-refractivity contribution in [1.82, 2.24) is 19.6 Å². The molecule has 7 nitrogen and oxygen atoms in total. The summed E-state index contributed by atoms with van der Waals surface area (Å²) in [6.07, 6.45) is 6.10. The van der Waals surface area contributed by atoms with Gasteiger partial charge >= 0.3 is 5.97 Å². The highest BCUT2D eigenvalue weighted by molar-refractivity contribution is 9.10. The lowest BCUT2D eigenvalue weighted by atomic mass is 9.80. The largest absolute Gasteiger partial charge is 0.481 e. The van der Waals surface area contributed by atoms with E-state index in [1.54, 1.807) is 23.0 Å². The first-order chi connectivity index (χ1) is 14.9. The molecule has 1 aromatic carbocycles. The Kier molecular flexibility index (Phi) is 4.85. The fraction of sp³-hybridized carbons (Fsp3) is 0.273. The summed E-state index contributed by atoms with van der Waals surface area (Å²) >= 11 is 3.57. The molecule has 31 heavy (non-hydrogen) atoms. The van der Waals surface area contributed by atoms with Crippen LogP contribution in [-0.4, -0.2) is 30.7 Å². The molecule has 0 bridgehead atoms. The van der Waals surface area contributed by atoms with E-state index in [1.807, 2.05) is 6.07 Å². The lowest BCUT2D eigenvalue weighted by Gasteiger charge is -2.26. The van der Waals surface area contributed by atoms with Crippen LogP contribution in [0, 0.1) is 11.7 Å². The number of hydrogen-bond acceptors (Lipinski definition) is 5. The second kappa shape index (κ2) is 7.56. The molecule has 0 radical (unpaired) electrons. The number of nitrogens with zero attached hydrogens (tertiary/aromatic N) is 4. The van der Waals surface area contributed by atoms with Gasteiger partial charge in [0.15, 0.2) is 5.65 Å². The van der Waals surface area contributed by atoms with Crippen molar-refractivity contribution in [2.24, 2.45) is 5.92 Å². The zero-order valence-electron chi connectivity index (χ0n) is 16.4. The Morgan fingerprint density at radius 3 is 2.71 bits per heavy atom. The fourth-order valence-electron chi connectivity index (χ4n) is 4.35. The van der Waals surface area contributed by atoms with Gasteiger partial charge in [-0.25, -0.2) is 9.37 Å². The topological polar surface area (TPSA) is 106 Å². The van der Waals surface area contributed by atoms with Crippen LogP contribution in [0.25, 0.3) is 27.7 Å². The van der Waals surface area contributed by atoms with Crippen molar-refractivity contribution in [3.63, 3.8) is 0 Å². The number of carbonyl (C=O) groups is 1. The number of aromatic nitrogens is 4. The summed E-state index contributed by atoms with van der Waals surface area (Å²) in [6, 6.07) is 6.33. The van der Waals surface area contributed by atoms with Crippen LogP contribution in [0.4, 0.5) is 10.2 Å². The molecule has 3 aromatic heterocycles. The summed E-state index contributed by atoms with van der Waals surface area (Å²) in [6.45, 7) is 0. The van der Waals surface area contributed by atoms with Crippen molar-refractivity contribution in [1.29, 1.82) is 0 Å². The standard InChI is InChI=1S/C22H19BrFN5O2/c23-18-19(11-1-3-12(4-2-11)22(30)31)28-21-16(10-27-29(21)20(18)25)14-7-13-8-15(24)5-6-17(13)26-9-14/h5-12H,1-4,25H2,(H,30,31).